The van der Waals surface area contributed by atoms with E-state index in [-0.39, 0.29) is 10.5 Å². The highest BCUT2D eigenvalue weighted by Crippen LogP contribution is 2.19. The maximum atomic E-state index is 12.1. The fraction of sp³-hybridized carbons (Fsp3) is 0.300. The van der Waals surface area contributed by atoms with Gasteiger partial charge in [-0.25, -0.2) is 13.2 Å². The Morgan fingerprint density at radius 1 is 1.10 bits per heavy atom. The molecule has 0 spiro atoms. The Labute approximate surface area is 169 Å². The first-order valence-electron chi connectivity index (χ1n) is 9.03. The molecule has 0 aromatic heterocycles. The second-order valence-corrected chi connectivity index (χ2v) is 8.59. The fourth-order valence-corrected chi connectivity index (χ4v) is 3.51. The molecule has 1 heterocycles. The number of rotatable bonds is 6. The van der Waals surface area contributed by atoms with Crippen LogP contribution in [0.4, 0.5) is 11.4 Å². The van der Waals surface area contributed by atoms with Crippen LogP contribution in [0.1, 0.15) is 10.4 Å². The summed E-state index contributed by atoms with van der Waals surface area (Å²) in [6.07, 6.45) is 1.05. The molecule has 0 radical (unpaired) electrons. The smallest absolute Gasteiger partial charge is 0.338 e. The first kappa shape index (κ1) is 20.8. The molecule has 9 heteroatoms. The molecule has 29 heavy (non-hydrogen) atoms. The Morgan fingerprint density at radius 3 is 2.45 bits per heavy atom. The van der Waals surface area contributed by atoms with Gasteiger partial charge >= 0.3 is 5.97 Å². The number of sulfone groups is 1. The number of benzene rings is 2. The van der Waals surface area contributed by atoms with Gasteiger partial charge in [-0.1, -0.05) is 6.07 Å². The number of carbonyl (C=O) groups excluding carboxylic acids is 2. The lowest BCUT2D eigenvalue weighted by Crippen LogP contribution is -2.36. The Morgan fingerprint density at radius 2 is 1.79 bits per heavy atom. The minimum atomic E-state index is -3.44. The SMILES string of the molecule is CS(=O)(=O)c1cccc(C(=O)OCC(=O)Nc2ccc(N3CCOCC3)cc2)c1. The van der Waals surface area contributed by atoms with Gasteiger partial charge in [0, 0.05) is 30.7 Å². The van der Waals surface area contributed by atoms with Gasteiger partial charge in [0.05, 0.1) is 23.7 Å². The Bertz CT molecular complexity index is 982. The van der Waals surface area contributed by atoms with Crippen molar-refractivity contribution in [2.45, 2.75) is 4.90 Å². The summed E-state index contributed by atoms with van der Waals surface area (Å²) in [4.78, 5) is 26.3. The summed E-state index contributed by atoms with van der Waals surface area (Å²) in [5.74, 6) is -1.26. The van der Waals surface area contributed by atoms with E-state index in [0.29, 0.717) is 18.9 Å². The molecule has 1 amide bonds. The molecule has 0 bridgehead atoms. The van der Waals surface area contributed by atoms with Gasteiger partial charge in [0.2, 0.25) is 0 Å². The van der Waals surface area contributed by atoms with E-state index in [4.69, 9.17) is 9.47 Å². The zero-order chi connectivity index (χ0) is 20.9. The van der Waals surface area contributed by atoms with Crippen molar-refractivity contribution in [3.05, 3.63) is 54.1 Å². The minimum absolute atomic E-state index is 0.0109. The quantitative estimate of drug-likeness (QED) is 0.713. The third kappa shape index (κ3) is 5.78. The first-order valence-corrected chi connectivity index (χ1v) is 10.9. The fourth-order valence-electron chi connectivity index (χ4n) is 2.84. The minimum Gasteiger partial charge on any atom is -0.452 e. The molecule has 1 aliphatic heterocycles. The molecular weight excluding hydrogens is 396 g/mol. The van der Waals surface area contributed by atoms with Gasteiger partial charge in [0.25, 0.3) is 5.91 Å². The molecule has 1 N–H and O–H groups in total. The summed E-state index contributed by atoms with van der Waals surface area (Å²) < 4.78 is 33.5. The highest BCUT2D eigenvalue weighted by atomic mass is 32.2. The van der Waals surface area contributed by atoms with Crippen molar-refractivity contribution in [3.63, 3.8) is 0 Å². The zero-order valence-corrected chi connectivity index (χ0v) is 16.8. The average molecular weight is 418 g/mol. The molecule has 0 unspecified atom stereocenters. The number of carbonyl (C=O) groups is 2. The number of amides is 1. The molecule has 0 saturated carbocycles. The van der Waals surface area contributed by atoms with Crippen LogP contribution in [0.3, 0.4) is 0 Å². The van der Waals surface area contributed by atoms with Gasteiger partial charge in [-0.15, -0.1) is 0 Å². The molecule has 2 aromatic carbocycles. The number of morpholine rings is 1. The van der Waals surface area contributed by atoms with Gasteiger partial charge in [0.15, 0.2) is 16.4 Å². The first-order chi connectivity index (χ1) is 13.8. The summed E-state index contributed by atoms with van der Waals surface area (Å²) in [7, 11) is -3.44. The van der Waals surface area contributed by atoms with Crippen LogP contribution < -0.4 is 10.2 Å². The normalized spacial score (nSPS) is 14.3. The molecule has 154 valence electrons. The van der Waals surface area contributed by atoms with Crippen LogP contribution in [0, 0.1) is 0 Å². The second kappa shape index (κ2) is 9.06. The predicted octanol–water partition coefficient (Wildman–Crippen LogP) is 1.72. The van der Waals surface area contributed by atoms with Crippen LogP contribution in [0.25, 0.3) is 0 Å². The number of nitrogens with one attached hydrogen (secondary N) is 1. The van der Waals surface area contributed by atoms with Crippen LogP contribution in [0.5, 0.6) is 0 Å². The number of esters is 1. The van der Waals surface area contributed by atoms with Crippen LogP contribution in [0.2, 0.25) is 0 Å². The van der Waals surface area contributed by atoms with Crippen LogP contribution >= 0.6 is 0 Å². The molecule has 2 aromatic rings. The van der Waals surface area contributed by atoms with Gasteiger partial charge in [0.1, 0.15) is 0 Å². The monoisotopic (exact) mass is 418 g/mol. The lowest BCUT2D eigenvalue weighted by atomic mass is 10.2. The largest absolute Gasteiger partial charge is 0.452 e. The molecule has 8 nitrogen and oxygen atoms in total. The molecule has 3 rings (SSSR count). The second-order valence-electron chi connectivity index (χ2n) is 6.57. The number of hydrogen-bond donors (Lipinski definition) is 1. The number of ether oxygens (including phenoxy) is 2. The Balaban J connectivity index is 1.52. The standard InChI is InChI=1S/C20H22N2O6S/c1-29(25,26)18-4-2-3-15(13-18)20(24)28-14-19(23)21-16-5-7-17(8-6-16)22-9-11-27-12-10-22/h2-8,13H,9-12,14H2,1H3,(H,21,23). The highest BCUT2D eigenvalue weighted by molar-refractivity contribution is 7.90. The zero-order valence-electron chi connectivity index (χ0n) is 16.0. The third-order valence-electron chi connectivity index (χ3n) is 4.36. The van der Waals surface area contributed by atoms with Crippen molar-refractivity contribution in [1.29, 1.82) is 0 Å². The lowest BCUT2D eigenvalue weighted by Gasteiger charge is -2.28. The van der Waals surface area contributed by atoms with Crippen LogP contribution in [0.15, 0.2) is 53.4 Å². The van der Waals surface area contributed by atoms with Crippen molar-refractivity contribution in [3.8, 4) is 0 Å². The van der Waals surface area contributed by atoms with Crippen molar-refractivity contribution in [1.82, 2.24) is 0 Å². The van der Waals surface area contributed by atoms with E-state index in [9.17, 15) is 18.0 Å². The van der Waals surface area contributed by atoms with Gasteiger partial charge in [-0.2, -0.15) is 0 Å². The Hall–Kier alpha value is -2.91. The van der Waals surface area contributed by atoms with Gasteiger partial charge in [-0.05, 0) is 42.5 Å². The van der Waals surface area contributed by atoms with E-state index in [1.54, 1.807) is 12.1 Å². The summed E-state index contributed by atoms with van der Waals surface area (Å²) >= 11 is 0. The van der Waals surface area contributed by atoms with E-state index in [2.05, 4.69) is 10.2 Å². The molecule has 0 atom stereocenters. The van der Waals surface area contributed by atoms with E-state index < -0.39 is 28.3 Å². The topological polar surface area (TPSA) is 102 Å². The van der Waals surface area contributed by atoms with Crippen molar-refractivity contribution < 1.29 is 27.5 Å². The van der Waals surface area contributed by atoms with Gasteiger partial charge in [-0.3, -0.25) is 4.79 Å². The van der Waals surface area contributed by atoms with Crippen LogP contribution in [-0.4, -0.2) is 59.5 Å². The van der Waals surface area contributed by atoms with E-state index in [0.717, 1.165) is 25.0 Å². The number of anilines is 2. The van der Waals surface area contributed by atoms with Crippen molar-refractivity contribution in [2.75, 3.05) is 49.4 Å². The summed E-state index contributed by atoms with van der Waals surface area (Å²) in [5.41, 5.74) is 1.70. The maximum Gasteiger partial charge on any atom is 0.338 e. The number of nitrogens with zero attached hydrogens (tertiary/aromatic N) is 1. The molecule has 0 aliphatic carbocycles. The molecule has 1 aliphatic rings. The molecule has 1 fully saturated rings. The predicted molar refractivity (Wildman–Crippen MR) is 108 cm³/mol. The van der Waals surface area contributed by atoms with E-state index in [1.165, 1.54) is 24.3 Å². The Kier molecular flexibility index (Phi) is 6.50. The van der Waals surface area contributed by atoms with Crippen molar-refractivity contribution >= 4 is 33.1 Å². The highest BCUT2D eigenvalue weighted by Gasteiger charge is 2.15. The molecule has 1 saturated heterocycles. The summed E-state index contributed by atoms with van der Waals surface area (Å²) in [5, 5.41) is 2.66. The summed E-state index contributed by atoms with van der Waals surface area (Å²) in [6.45, 7) is 2.55. The lowest BCUT2D eigenvalue weighted by molar-refractivity contribution is -0.119. The van der Waals surface area contributed by atoms with Crippen LogP contribution in [-0.2, 0) is 24.1 Å². The average Bonchev–Trinajstić information content (AvgIpc) is 2.73. The molecular formula is C20H22N2O6S. The van der Waals surface area contributed by atoms with Gasteiger partial charge < -0.3 is 19.7 Å². The third-order valence-corrected chi connectivity index (χ3v) is 5.47. The maximum absolute atomic E-state index is 12.1. The van der Waals surface area contributed by atoms with Crippen molar-refractivity contribution in [2.24, 2.45) is 0 Å². The summed E-state index contributed by atoms with van der Waals surface area (Å²) in [6, 6.07) is 12.9. The number of hydrogen-bond acceptors (Lipinski definition) is 7. The van der Waals surface area contributed by atoms with E-state index in [1.807, 2.05) is 12.1 Å². The van der Waals surface area contributed by atoms with E-state index >= 15 is 0 Å².